The Morgan fingerprint density at radius 2 is 1.53 bits per heavy atom. The van der Waals surface area contributed by atoms with Crippen molar-refractivity contribution in [2.75, 3.05) is 6.54 Å². The quantitative estimate of drug-likeness (QED) is 0.208. The molecule has 0 amide bonds. The third-order valence-corrected chi connectivity index (χ3v) is 6.38. The van der Waals surface area contributed by atoms with Gasteiger partial charge in [-0.25, -0.2) is 9.00 Å². The summed E-state index contributed by atoms with van der Waals surface area (Å²) in [6.07, 6.45) is 0.851. The van der Waals surface area contributed by atoms with E-state index in [0.29, 0.717) is 34.7 Å². The predicted octanol–water partition coefficient (Wildman–Crippen LogP) is 5.91. The van der Waals surface area contributed by atoms with Crippen molar-refractivity contribution < 1.29 is 13.7 Å². The number of rotatable bonds is 10. The average Bonchev–Trinajstić information content (AvgIpc) is 2.83. The largest absolute Gasteiger partial charge is 0.423 e. The van der Waals surface area contributed by atoms with Crippen LogP contribution in [0.3, 0.4) is 0 Å². The van der Waals surface area contributed by atoms with E-state index in [1.807, 2.05) is 48.5 Å². The molecule has 0 aliphatic heterocycles. The molecule has 3 aromatic carbocycles. The third-order valence-electron chi connectivity index (χ3n) is 6.01. The zero-order valence-electron chi connectivity index (χ0n) is 20.3. The van der Waals surface area contributed by atoms with Crippen LogP contribution in [-0.2, 0) is 11.3 Å². The predicted molar refractivity (Wildman–Crippen MR) is 141 cm³/mol. The number of benzene rings is 3. The Morgan fingerprint density at radius 1 is 0.912 bits per heavy atom. The smallest absolute Gasteiger partial charge is 0.343 e. The summed E-state index contributed by atoms with van der Waals surface area (Å²) in [5, 5.41) is 1.57. The van der Waals surface area contributed by atoms with Gasteiger partial charge < -0.3 is 4.74 Å². The lowest BCUT2D eigenvalue weighted by molar-refractivity contribution is 0.0732. The summed E-state index contributed by atoms with van der Waals surface area (Å²) in [4.78, 5) is 15.4. The van der Waals surface area contributed by atoms with Crippen LogP contribution in [0.5, 0.6) is 5.75 Å². The molecule has 0 heterocycles. The van der Waals surface area contributed by atoms with E-state index in [4.69, 9.17) is 4.74 Å². The zero-order valence-corrected chi connectivity index (χ0v) is 21.1. The van der Waals surface area contributed by atoms with Crippen molar-refractivity contribution in [1.29, 1.82) is 0 Å². The Kier molecular flexibility index (Phi) is 9.37. The molecule has 0 fully saturated rings. The van der Waals surface area contributed by atoms with Crippen LogP contribution in [0.25, 0.3) is 0 Å². The third kappa shape index (κ3) is 6.75. The maximum absolute atomic E-state index is 12.9. The lowest BCUT2D eigenvalue weighted by Crippen LogP contribution is -2.38. The molecule has 0 saturated carbocycles. The minimum Gasteiger partial charge on any atom is -0.423 e. The topological polar surface area (TPSA) is 46.6 Å². The van der Waals surface area contributed by atoms with Crippen molar-refractivity contribution >= 4 is 22.6 Å². The van der Waals surface area contributed by atoms with E-state index in [1.54, 1.807) is 23.6 Å². The maximum atomic E-state index is 12.9. The highest BCUT2D eigenvalue weighted by molar-refractivity contribution is 7.65. The first-order chi connectivity index (χ1) is 16.4. The molecule has 3 rings (SSSR count). The Morgan fingerprint density at radius 3 is 2.12 bits per heavy atom. The molecule has 0 N–H and O–H groups in total. The summed E-state index contributed by atoms with van der Waals surface area (Å²) in [6, 6.07) is 25.7. The molecule has 5 heteroatoms. The number of hydrogen-bond donors (Lipinski definition) is 0. The molecule has 178 valence electrons. The van der Waals surface area contributed by atoms with Gasteiger partial charge in [0.2, 0.25) is 0 Å². The standard InChI is InChI=1S/C29H33NO3S/c1-21(2)30(22(3)4)18-17-26(24-11-7-5-8-12-24)27-19-23(20-34-32)15-16-28(27)33-29(31)25-13-9-6-10-14-25/h5-16,19-22,26H,17-18H2,1-4H3. The molecular weight excluding hydrogens is 442 g/mol. The summed E-state index contributed by atoms with van der Waals surface area (Å²) in [5.41, 5.74) is 3.37. The molecule has 0 aliphatic carbocycles. The van der Waals surface area contributed by atoms with Gasteiger partial charge in [-0.3, -0.25) is 4.90 Å². The van der Waals surface area contributed by atoms with Gasteiger partial charge in [0, 0.05) is 28.9 Å². The van der Waals surface area contributed by atoms with E-state index < -0.39 is 5.97 Å². The summed E-state index contributed by atoms with van der Waals surface area (Å²) >= 11 is 0.423. The molecule has 34 heavy (non-hydrogen) atoms. The van der Waals surface area contributed by atoms with Crippen molar-refractivity contribution in [3.05, 3.63) is 101 Å². The van der Waals surface area contributed by atoms with E-state index in [-0.39, 0.29) is 5.92 Å². The molecule has 3 aromatic rings. The highest BCUT2D eigenvalue weighted by atomic mass is 32.1. The van der Waals surface area contributed by atoms with E-state index in [1.165, 1.54) is 0 Å². The van der Waals surface area contributed by atoms with Crippen molar-refractivity contribution in [2.45, 2.75) is 52.1 Å². The fourth-order valence-electron chi connectivity index (χ4n) is 4.37. The van der Waals surface area contributed by atoms with E-state index >= 15 is 0 Å². The second-order valence-corrected chi connectivity index (χ2v) is 9.37. The minimum absolute atomic E-state index is 0.00442. The molecule has 0 spiro atoms. The van der Waals surface area contributed by atoms with Gasteiger partial charge in [-0.2, -0.15) is 0 Å². The minimum atomic E-state index is -0.394. The number of carbonyl (C=O) groups is 1. The summed E-state index contributed by atoms with van der Waals surface area (Å²) in [5.74, 6) is 0.135. The van der Waals surface area contributed by atoms with Crippen LogP contribution in [0.15, 0.2) is 78.9 Å². The highest BCUT2D eigenvalue weighted by Crippen LogP contribution is 2.36. The first-order valence-electron chi connectivity index (χ1n) is 11.7. The number of hydrogen-bond acceptors (Lipinski definition) is 4. The van der Waals surface area contributed by atoms with Crippen LogP contribution in [0.1, 0.15) is 67.1 Å². The molecule has 0 aliphatic rings. The SMILES string of the molecule is CC(C)N(CCC(c1ccccc1)c1cc(C=S=O)ccc1OC(=O)c1ccccc1)C(C)C. The molecule has 1 unspecified atom stereocenters. The van der Waals surface area contributed by atoms with Crippen molar-refractivity contribution in [2.24, 2.45) is 0 Å². The van der Waals surface area contributed by atoms with Gasteiger partial charge in [-0.1, -0.05) is 54.6 Å². The molecular formula is C29H33NO3S. The van der Waals surface area contributed by atoms with Gasteiger partial charge in [0.05, 0.1) is 16.8 Å². The highest BCUT2D eigenvalue weighted by Gasteiger charge is 2.23. The molecule has 0 saturated heterocycles. The zero-order chi connectivity index (χ0) is 24.5. The number of carbonyl (C=O) groups excluding carboxylic acids is 1. The Balaban J connectivity index is 2.04. The second-order valence-electron chi connectivity index (χ2n) is 8.94. The number of nitrogens with zero attached hydrogens (tertiary/aromatic N) is 1. The van der Waals surface area contributed by atoms with Crippen LogP contribution < -0.4 is 4.74 Å². The molecule has 0 bridgehead atoms. The van der Waals surface area contributed by atoms with E-state index in [0.717, 1.165) is 29.7 Å². The van der Waals surface area contributed by atoms with Crippen molar-refractivity contribution in [1.82, 2.24) is 4.90 Å². The lowest BCUT2D eigenvalue weighted by Gasteiger charge is -2.32. The Hall–Kier alpha value is -3.02. The van der Waals surface area contributed by atoms with Gasteiger partial charge in [0.1, 0.15) is 5.75 Å². The summed E-state index contributed by atoms with van der Waals surface area (Å²) < 4.78 is 17.1. The van der Waals surface area contributed by atoms with Gasteiger partial charge in [0.25, 0.3) is 0 Å². The summed E-state index contributed by atoms with van der Waals surface area (Å²) in [7, 11) is 0. The Labute approximate surface area is 206 Å². The van der Waals surface area contributed by atoms with Crippen LogP contribution in [0, 0.1) is 0 Å². The first kappa shape index (κ1) is 25.6. The van der Waals surface area contributed by atoms with Crippen LogP contribution in [-0.4, -0.2) is 39.1 Å². The van der Waals surface area contributed by atoms with Crippen LogP contribution in [0.2, 0.25) is 0 Å². The van der Waals surface area contributed by atoms with Gasteiger partial charge in [0.15, 0.2) is 0 Å². The number of ether oxygens (including phenoxy) is 1. The van der Waals surface area contributed by atoms with E-state index in [2.05, 4.69) is 44.7 Å². The van der Waals surface area contributed by atoms with Crippen LogP contribution >= 0.6 is 0 Å². The maximum Gasteiger partial charge on any atom is 0.343 e. The lowest BCUT2D eigenvalue weighted by atomic mass is 9.86. The molecule has 1 atom stereocenters. The number of esters is 1. The van der Waals surface area contributed by atoms with Gasteiger partial charge in [-0.05, 0) is 76.1 Å². The van der Waals surface area contributed by atoms with Crippen molar-refractivity contribution in [3.8, 4) is 5.75 Å². The van der Waals surface area contributed by atoms with Gasteiger partial charge >= 0.3 is 5.97 Å². The van der Waals surface area contributed by atoms with Crippen molar-refractivity contribution in [3.63, 3.8) is 0 Å². The van der Waals surface area contributed by atoms with Crippen LogP contribution in [0.4, 0.5) is 0 Å². The fourth-order valence-corrected chi connectivity index (χ4v) is 4.63. The molecule has 4 nitrogen and oxygen atoms in total. The molecule has 0 radical (unpaired) electrons. The Bertz CT molecular complexity index is 1110. The van der Waals surface area contributed by atoms with Gasteiger partial charge in [-0.15, -0.1) is 0 Å². The normalized spacial score (nSPS) is 12.1. The van der Waals surface area contributed by atoms with E-state index in [9.17, 15) is 9.00 Å². The summed E-state index contributed by atoms with van der Waals surface area (Å²) in [6.45, 7) is 9.75. The second kappa shape index (κ2) is 12.4. The monoisotopic (exact) mass is 475 g/mol. The fraction of sp³-hybridized carbons (Fsp3) is 0.310. The average molecular weight is 476 g/mol. The first-order valence-corrected chi connectivity index (χ1v) is 12.5. The molecule has 0 aromatic heterocycles.